The fourth-order valence-electron chi connectivity index (χ4n) is 1.68. The van der Waals surface area contributed by atoms with Crippen molar-refractivity contribution in [1.29, 1.82) is 0 Å². The Morgan fingerprint density at radius 3 is 2.94 bits per heavy atom. The number of hydrogen-bond acceptors (Lipinski definition) is 5. The standard InChI is InChI=1S/C13H17N3O2/c1-4-16(8-10(2)3)9-12-14-13(15-18-12)11-6-5-7-17-11/h5-7H,2,4,8-9H2,1,3H3. The Hall–Kier alpha value is -1.88. The molecule has 5 heteroatoms. The molecule has 0 aliphatic carbocycles. The zero-order valence-corrected chi connectivity index (χ0v) is 10.7. The van der Waals surface area contributed by atoms with E-state index in [1.54, 1.807) is 18.4 Å². The molecule has 0 aromatic carbocycles. The molecule has 18 heavy (non-hydrogen) atoms. The maximum Gasteiger partial charge on any atom is 0.241 e. The molecule has 2 heterocycles. The van der Waals surface area contributed by atoms with Crippen LogP contribution in [0.3, 0.4) is 0 Å². The Kier molecular flexibility index (Phi) is 3.94. The highest BCUT2D eigenvalue weighted by molar-refractivity contribution is 5.44. The summed E-state index contributed by atoms with van der Waals surface area (Å²) in [6.07, 6.45) is 1.59. The van der Waals surface area contributed by atoms with Gasteiger partial charge in [0.25, 0.3) is 0 Å². The molecule has 0 saturated heterocycles. The molecule has 0 atom stereocenters. The second-order valence-corrected chi connectivity index (χ2v) is 4.25. The van der Waals surface area contributed by atoms with Crippen LogP contribution in [-0.4, -0.2) is 28.1 Å². The first-order valence-corrected chi connectivity index (χ1v) is 5.92. The van der Waals surface area contributed by atoms with E-state index in [-0.39, 0.29) is 0 Å². The third kappa shape index (κ3) is 3.07. The molecule has 0 amide bonds. The predicted octanol–water partition coefficient (Wildman–Crippen LogP) is 2.73. The average molecular weight is 247 g/mol. The summed E-state index contributed by atoms with van der Waals surface area (Å²) >= 11 is 0. The minimum Gasteiger partial charge on any atom is -0.461 e. The Morgan fingerprint density at radius 2 is 2.33 bits per heavy atom. The number of furan rings is 1. The van der Waals surface area contributed by atoms with E-state index in [1.165, 1.54) is 0 Å². The summed E-state index contributed by atoms with van der Waals surface area (Å²) in [5.41, 5.74) is 1.11. The molecule has 96 valence electrons. The first kappa shape index (κ1) is 12.6. The van der Waals surface area contributed by atoms with Gasteiger partial charge in [-0.05, 0) is 25.6 Å². The van der Waals surface area contributed by atoms with Gasteiger partial charge in [0, 0.05) is 6.54 Å². The topological polar surface area (TPSA) is 55.3 Å². The molecule has 0 aliphatic heterocycles. The Morgan fingerprint density at radius 1 is 1.50 bits per heavy atom. The molecule has 0 aliphatic rings. The minimum atomic E-state index is 0.487. The van der Waals surface area contributed by atoms with E-state index in [1.807, 2.05) is 6.92 Å². The Balaban J connectivity index is 2.04. The van der Waals surface area contributed by atoms with Crippen molar-refractivity contribution in [3.05, 3.63) is 36.4 Å². The first-order valence-electron chi connectivity index (χ1n) is 5.92. The maximum absolute atomic E-state index is 5.22. The van der Waals surface area contributed by atoms with Gasteiger partial charge in [-0.2, -0.15) is 4.98 Å². The first-order chi connectivity index (χ1) is 8.69. The van der Waals surface area contributed by atoms with Crippen LogP contribution in [0, 0.1) is 0 Å². The largest absolute Gasteiger partial charge is 0.461 e. The van der Waals surface area contributed by atoms with Crippen LogP contribution < -0.4 is 0 Å². The maximum atomic E-state index is 5.22. The molecule has 0 radical (unpaired) electrons. The highest BCUT2D eigenvalue weighted by atomic mass is 16.5. The van der Waals surface area contributed by atoms with E-state index in [9.17, 15) is 0 Å². The second kappa shape index (κ2) is 5.64. The van der Waals surface area contributed by atoms with Crippen LogP contribution in [0.25, 0.3) is 11.6 Å². The van der Waals surface area contributed by atoms with Crippen molar-refractivity contribution in [3.63, 3.8) is 0 Å². The molecule has 0 spiro atoms. The van der Waals surface area contributed by atoms with Crippen LogP contribution in [0.1, 0.15) is 19.7 Å². The van der Waals surface area contributed by atoms with Gasteiger partial charge in [-0.15, -0.1) is 0 Å². The number of likely N-dealkylation sites (N-methyl/N-ethyl adjacent to an activating group) is 1. The van der Waals surface area contributed by atoms with Crippen molar-refractivity contribution >= 4 is 0 Å². The molecule has 2 rings (SSSR count). The van der Waals surface area contributed by atoms with Gasteiger partial charge in [0.1, 0.15) is 0 Å². The Labute approximate surface area is 106 Å². The highest BCUT2D eigenvalue weighted by Crippen LogP contribution is 2.16. The summed E-state index contributed by atoms with van der Waals surface area (Å²) in [5, 5.41) is 3.90. The van der Waals surface area contributed by atoms with E-state index in [0.717, 1.165) is 18.7 Å². The van der Waals surface area contributed by atoms with Crippen molar-refractivity contribution in [3.8, 4) is 11.6 Å². The van der Waals surface area contributed by atoms with Gasteiger partial charge >= 0.3 is 0 Å². The van der Waals surface area contributed by atoms with Gasteiger partial charge in [-0.1, -0.05) is 24.2 Å². The lowest BCUT2D eigenvalue weighted by atomic mass is 10.3. The van der Waals surface area contributed by atoms with E-state index < -0.39 is 0 Å². The molecular formula is C13H17N3O2. The molecule has 0 N–H and O–H groups in total. The van der Waals surface area contributed by atoms with Crippen LogP contribution in [-0.2, 0) is 6.54 Å². The predicted molar refractivity (Wildman–Crippen MR) is 67.8 cm³/mol. The summed E-state index contributed by atoms with van der Waals surface area (Å²) in [7, 11) is 0. The SMILES string of the molecule is C=C(C)CN(CC)Cc1nc(-c2ccco2)no1. The quantitative estimate of drug-likeness (QED) is 0.734. The van der Waals surface area contributed by atoms with Crippen molar-refractivity contribution in [2.75, 3.05) is 13.1 Å². The summed E-state index contributed by atoms with van der Waals surface area (Å²) in [4.78, 5) is 6.49. The summed E-state index contributed by atoms with van der Waals surface area (Å²) in [5.74, 6) is 1.69. The van der Waals surface area contributed by atoms with Crippen LogP contribution in [0.5, 0.6) is 0 Å². The third-order valence-electron chi connectivity index (χ3n) is 2.51. The number of nitrogens with zero attached hydrogens (tertiary/aromatic N) is 3. The van der Waals surface area contributed by atoms with Gasteiger partial charge in [0.15, 0.2) is 5.76 Å². The molecule has 0 fully saturated rings. The van der Waals surface area contributed by atoms with Gasteiger partial charge in [0.05, 0.1) is 12.8 Å². The molecule has 0 bridgehead atoms. The molecule has 5 nitrogen and oxygen atoms in total. The number of hydrogen-bond donors (Lipinski definition) is 0. The van der Waals surface area contributed by atoms with Gasteiger partial charge in [-0.3, -0.25) is 4.90 Å². The van der Waals surface area contributed by atoms with Crippen LogP contribution >= 0.6 is 0 Å². The summed E-state index contributed by atoms with van der Waals surface area (Å²) in [6.45, 7) is 10.4. The highest BCUT2D eigenvalue weighted by Gasteiger charge is 2.13. The van der Waals surface area contributed by atoms with E-state index in [2.05, 4.69) is 28.5 Å². The number of rotatable bonds is 6. The van der Waals surface area contributed by atoms with Crippen LogP contribution in [0.15, 0.2) is 39.5 Å². The minimum absolute atomic E-state index is 0.487. The van der Waals surface area contributed by atoms with Crippen molar-refractivity contribution in [2.24, 2.45) is 0 Å². The van der Waals surface area contributed by atoms with Crippen molar-refractivity contribution < 1.29 is 8.94 Å². The fourth-order valence-corrected chi connectivity index (χ4v) is 1.68. The molecule has 0 unspecified atom stereocenters. The molecule has 2 aromatic heterocycles. The van der Waals surface area contributed by atoms with Crippen LogP contribution in [0.4, 0.5) is 0 Å². The van der Waals surface area contributed by atoms with E-state index >= 15 is 0 Å². The molecule has 2 aromatic rings. The lowest BCUT2D eigenvalue weighted by molar-refractivity contribution is 0.252. The zero-order chi connectivity index (χ0) is 13.0. The average Bonchev–Trinajstić information content (AvgIpc) is 2.97. The monoisotopic (exact) mass is 247 g/mol. The third-order valence-corrected chi connectivity index (χ3v) is 2.51. The molecular weight excluding hydrogens is 230 g/mol. The Bertz CT molecular complexity index is 502. The van der Waals surface area contributed by atoms with Crippen molar-refractivity contribution in [2.45, 2.75) is 20.4 Å². The van der Waals surface area contributed by atoms with E-state index in [4.69, 9.17) is 8.94 Å². The van der Waals surface area contributed by atoms with Crippen LogP contribution in [0.2, 0.25) is 0 Å². The van der Waals surface area contributed by atoms with E-state index in [0.29, 0.717) is 24.0 Å². The molecule has 0 saturated carbocycles. The van der Waals surface area contributed by atoms with Gasteiger partial charge in [0.2, 0.25) is 11.7 Å². The van der Waals surface area contributed by atoms with Gasteiger partial charge < -0.3 is 8.94 Å². The number of aromatic nitrogens is 2. The summed E-state index contributed by atoms with van der Waals surface area (Å²) < 4.78 is 10.4. The zero-order valence-electron chi connectivity index (χ0n) is 10.7. The summed E-state index contributed by atoms with van der Waals surface area (Å²) in [6, 6.07) is 3.60. The normalized spacial score (nSPS) is 11.1. The van der Waals surface area contributed by atoms with Gasteiger partial charge in [-0.25, -0.2) is 0 Å². The smallest absolute Gasteiger partial charge is 0.241 e. The lowest BCUT2D eigenvalue weighted by Crippen LogP contribution is -2.24. The van der Waals surface area contributed by atoms with Crippen molar-refractivity contribution in [1.82, 2.24) is 15.0 Å². The second-order valence-electron chi connectivity index (χ2n) is 4.25. The lowest BCUT2D eigenvalue weighted by Gasteiger charge is -2.17. The fraction of sp³-hybridized carbons (Fsp3) is 0.385.